The van der Waals surface area contributed by atoms with Crippen molar-refractivity contribution in [3.63, 3.8) is 0 Å². The van der Waals surface area contributed by atoms with Crippen molar-refractivity contribution in [1.82, 2.24) is 25.9 Å². The van der Waals surface area contributed by atoms with E-state index in [1.807, 2.05) is 6.07 Å². The molecule has 1 heterocycles. The van der Waals surface area contributed by atoms with Gasteiger partial charge in [0.2, 0.25) is 17.7 Å². The van der Waals surface area contributed by atoms with E-state index >= 15 is 0 Å². The van der Waals surface area contributed by atoms with Gasteiger partial charge in [-0.3, -0.25) is 29.6 Å². The third-order valence-electron chi connectivity index (χ3n) is 5.24. The topological polar surface area (TPSA) is 292 Å². The average molecular weight is 605 g/mol. The Kier molecular flexibility index (Phi) is 13.2. The number of hydrogen-bond acceptors (Lipinski definition) is 11. The van der Waals surface area contributed by atoms with E-state index in [1.165, 1.54) is 0 Å². The Morgan fingerprint density at radius 3 is 2.38 bits per heavy atom. The van der Waals surface area contributed by atoms with Crippen molar-refractivity contribution in [2.45, 2.75) is 25.5 Å². The first kappa shape index (κ1) is 33.0. The lowest BCUT2D eigenvalue weighted by molar-refractivity contribution is -0.145. The Bertz CT molecular complexity index is 1300. The zero-order valence-corrected chi connectivity index (χ0v) is 23.2. The third kappa shape index (κ3) is 11.9. The number of guanidine groups is 1. The molecule has 0 fully saturated rings. The summed E-state index contributed by atoms with van der Waals surface area (Å²) >= 11 is 5.98. The molecule has 0 saturated heterocycles. The summed E-state index contributed by atoms with van der Waals surface area (Å²) in [6.07, 6.45) is 0.468. The van der Waals surface area contributed by atoms with Crippen LogP contribution in [0.5, 0.6) is 0 Å². The van der Waals surface area contributed by atoms with Crippen molar-refractivity contribution in [3.05, 3.63) is 46.7 Å². The van der Waals surface area contributed by atoms with Crippen LogP contribution in [0.4, 0.5) is 11.6 Å². The molecule has 0 saturated carbocycles. The number of carbonyl (C=O) groups excluding carboxylic acids is 4. The summed E-state index contributed by atoms with van der Waals surface area (Å²) in [4.78, 5) is 61.1. The number of aromatic nitrogens is 2. The quantitative estimate of drug-likeness (QED) is 0.0431. The number of rotatable bonds is 16. The fourth-order valence-electron chi connectivity index (χ4n) is 3.23. The largest absolute Gasteiger partial charge is 0.460 e. The smallest absolute Gasteiger partial charge is 0.325 e. The molecule has 0 bridgehead atoms. The van der Waals surface area contributed by atoms with Crippen LogP contribution >= 0.6 is 11.6 Å². The number of benzene rings is 1. The van der Waals surface area contributed by atoms with Crippen LogP contribution in [-0.2, 0) is 30.5 Å². The molecule has 0 aliphatic carbocycles. The Morgan fingerprint density at radius 1 is 1.00 bits per heavy atom. The molecule has 2 rings (SSSR count). The zero-order chi connectivity index (χ0) is 31.1. The first-order valence-corrected chi connectivity index (χ1v) is 12.8. The van der Waals surface area contributed by atoms with Gasteiger partial charge in [-0.1, -0.05) is 41.9 Å². The van der Waals surface area contributed by atoms with Crippen LogP contribution in [0, 0.1) is 5.41 Å². The first-order chi connectivity index (χ1) is 20.0. The van der Waals surface area contributed by atoms with Gasteiger partial charge in [0, 0.05) is 6.54 Å². The van der Waals surface area contributed by atoms with Crippen molar-refractivity contribution in [3.8, 4) is 0 Å². The molecule has 1 atom stereocenters. The zero-order valence-electron chi connectivity index (χ0n) is 22.5. The van der Waals surface area contributed by atoms with Gasteiger partial charge in [0.15, 0.2) is 22.7 Å². The highest BCUT2D eigenvalue weighted by atomic mass is 35.5. The summed E-state index contributed by atoms with van der Waals surface area (Å²) in [7, 11) is 0. The van der Waals surface area contributed by atoms with Gasteiger partial charge in [-0.05, 0) is 18.4 Å². The van der Waals surface area contributed by atoms with Crippen LogP contribution < -0.4 is 44.2 Å². The standard InChI is InChI=1S/C24H33ClN12O5/c25-19-22(37-21(28)18(36-19)20(26)27)33-9-15(38)32-10-16(39)35-14(7-4-8-31-24(29)30)23(41)34-11-17(40)42-12-13-5-2-1-3-6-13/h1-3,5-6,14H,4,7-12H2,(H3,26,27)(H,32,38)(H,34,41)(H,35,39)(H3,28,33,37)(H4,29,30,31)/t14-/m0/s1. The van der Waals surface area contributed by atoms with Gasteiger partial charge in [0.1, 0.15) is 30.7 Å². The number of nitrogens with one attached hydrogen (secondary N) is 5. The number of halogens is 1. The average Bonchev–Trinajstić information content (AvgIpc) is 2.95. The Hall–Kier alpha value is -5.19. The fraction of sp³-hybridized carbons (Fsp3) is 0.333. The van der Waals surface area contributed by atoms with Gasteiger partial charge < -0.3 is 48.9 Å². The van der Waals surface area contributed by atoms with Crippen molar-refractivity contribution >= 4 is 58.7 Å². The van der Waals surface area contributed by atoms with Gasteiger partial charge in [-0.2, -0.15) is 0 Å². The second-order valence-corrected chi connectivity index (χ2v) is 8.93. The molecule has 0 unspecified atom stereocenters. The van der Waals surface area contributed by atoms with Gasteiger partial charge in [-0.25, -0.2) is 9.97 Å². The number of amides is 3. The highest BCUT2D eigenvalue weighted by Gasteiger charge is 2.22. The van der Waals surface area contributed by atoms with E-state index in [9.17, 15) is 19.2 Å². The second kappa shape index (κ2) is 16.8. The molecular formula is C24H33ClN12O5. The Labute approximate surface area is 245 Å². The van der Waals surface area contributed by atoms with Crippen molar-refractivity contribution in [1.29, 1.82) is 5.41 Å². The second-order valence-electron chi connectivity index (χ2n) is 8.57. The predicted octanol–water partition coefficient (Wildman–Crippen LogP) is -2.08. The molecule has 0 spiro atoms. The van der Waals surface area contributed by atoms with Crippen LogP contribution in [0.15, 0.2) is 35.3 Å². The number of carbonyl (C=O) groups is 4. The van der Waals surface area contributed by atoms with Gasteiger partial charge >= 0.3 is 5.97 Å². The summed E-state index contributed by atoms with van der Waals surface area (Å²) < 4.78 is 5.14. The van der Waals surface area contributed by atoms with Crippen molar-refractivity contribution < 1.29 is 23.9 Å². The summed E-state index contributed by atoms with van der Waals surface area (Å²) in [5.41, 5.74) is 22.3. The van der Waals surface area contributed by atoms with E-state index in [4.69, 9.17) is 44.7 Å². The maximum Gasteiger partial charge on any atom is 0.325 e. The third-order valence-corrected chi connectivity index (χ3v) is 5.51. The molecule has 0 radical (unpaired) electrons. The lowest BCUT2D eigenvalue weighted by Gasteiger charge is -2.18. The molecule has 42 heavy (non-hydrogen) atoms. The molecule has 1 aromatic heterocycles. The number of aliphatic imine (C=N–C) groups is 1. The highest BCUT2D eigenvalue weighted by molar-refractivity contribution is 6.32. The lowest BCUT2D eigenvalue weighted by Crippen LogP contribution is -2.50. The number of esters is 1. The normalized spacial score (nSPS) is 11.0. The number of amidine groups is 1. The van der Waals surface area contributed by atoms with E-state index in [1.54, 1.807) is 24.3 Å². The van der Waals surface area contributed by atoms with E-state index in [0.717, 1.165) is 5.56 Å². The maximum atomic E-state index is 12.7. The molecule has 2 aromatic rings. The summed E-state index contributed by atoms with van der Waals surface area (Å²) in [5.74, 6) is -3.35. The molecule has 3 amide bonds. The van der Waals surface area contributed by atoms with Crippen LogP contribution in [0.2, 0.25) is 5.15 Å². The van der Waals surface area contributed by atoms with Crippen molar-refractivity contribution in [2.75, 3.05) is 37.2 Å². The Morgan fingerprint density at radius 2 is 1.71 bits per heavy atom. The van der Waals surface area contributed by atoms with E-state index in [2.05, 4.69) is 36.2 Å². The van der Waals surface area contributed by atoms with Gasteiger partial charge in [-0.15, -0.1) is 0 Å². The summed E-state index contributed by atoms with van der Waals surface area (Å²) in [6.45, 7) is -1.00. The maximum absolute atomic E-state index is 12.7. The van der Waals surface area contributed by atoms with Crippen molar-refractivity contribution in [2.24, 2.45) is 22.2 Å². The molecule has 18 heteroatoms. The minimum atomic E-state index is -1.06. The number of nitrogens with zero attached hydrogens (tertiary/aromatic N) is 3. The minimum absolute atomic E-state index is 0.0291. The number of nitrogen functional groups attached to an aromatic ring is 2. The van der Waals surface area contributed by atoms with Crippen LogP contribution in [0.3, 0.4) is 0 Å². The SMILES string of the molecule is N=C(N)c1nc(Cl)c(NCC(=O)NCC(=O)N[C@@H](CCCN=C(N)N)C(=O)NCC(=O)OCc2ccccc2)nc1N. The predicted molar refractivity (Wildman–Crippen MR) is 155 cm³/mol. The number of anilines is 2. The Balaban J connectivity index is 1.86. The molecule has 0 aliphatic heterocycles. The molecule has 1 aromatic carbocycles. The monoisotopic (exact) mass is 604 g/mol. The molecule has 17 nitrogen and oxygen atoms in total. The van der Waals surface area contributed by atoms with Crippen LogP contribution in [-0.4, -0.2) is 77.7 Å². The highest BCUT2D eigenvalue weighted by Crippen LogP contribution is 2.19. The number of nitrogens with two attached hydrogens (primary N) is 4. The van der Waals surface area contributed by atoms with Crippen LogP contribution in [0.25, 0.3) is 0 Å². The number of ether oxygens (including phenoxy) is 1. The number of hydrogen-bond donors (Lipinski definition) is 9. The lowest BCUT2D eigenvalue weighted by atomic mass is 10.1. The molecular weight excluding hydrogens is 572 g/mol. The molecule has 0 aliphatic rings. The fourth-order valence-corrected chi connectivity index (χ4v) is 3.43. The van der Waals surface area contributed by atoms with E-state index in [0.29, 0.717) is 6.42 Å². The summed E-state index contributed by atoms with van der Waals surface area (Å²) in [5, 5.41) is 17.1. The first-order valence-electron chi connectivity index (χ1n) is 12.5. The minimum Gasteiger partial charge on any atom is -0.460 e. The molecule has 13 N–H and O–H groups in total. The van der Waals surface area contributed by atoms with Crippen LogP contribution in [0.1, 0.15) is 24.1 Å². The van der Waals surface area contributed by atoms with Gasteiger partial charge in [0.05, 0.1) is 13.1 Å². The van der Waals surface area contributed by atoms with E-state index < -0.39 is 48.7 Å². The van der Waals surface area contributed by atoms with E-state index in [-0.39, 0.29) is 54.6 Å². The molecule has 226 valence electrons. The van der Waals surface area contributed by atoms with Gasteiger partial charge in [0.25, 0.3) is 0 Å². The summed E-state index contributed by atoms with van der Waals surface area (Å²) in [6, 6.07) is 7.95.